The van der Waals surface area contributed by atoms with E-state index < -0.39 is 0 Å². The van der Waals surface area contributed by atoms with Gasteiger partial charge >= 0.3 is 0 Å². The average Bonchev–Trinajstić information content (AvgIpc) is 2.30. The van der Waals surface area contributed by atoms with Crippen LogP contribution >= 0.6 is 11.6 Å². The highest BCUT2D eigenvalue weighted by Gasteiger charge is 2.18. The topological polar surface area (TPSA) is 32.3 Å². The van der Waals surface area contributed by atoms with Gasteiger partial charge in [0.05, 0.1) is 6.10 Å². The van der Waals surface area contributed by atoms with E-state index in [1.54, 1.807) is 0 Å². The molecule has 0 radical (unpaired) electrons. The van der Waals surface area contributed by atoms with Crippen LogP contribution in [0, 0.1) is 5.92 Å². The van der Waals surface area contributed by atoms with Gasteiger partial charge in [0.1, 0.15) is 0 Å². The van der Waals surface area contributed by atoms with Crippen molar-refractivity contribution in [3.8, 4) is 0 Å². The fourth-order valence-corrected chi connectivity index (χ4v) is 2.48. The molecule has 16 heavy (non-hydrogen) atoms. The van der Waals surface area contributed by atoms with Crippen LogP contribution in [-0.2, 0) is 0 Å². The molecule has 3 heteroatoms. The molecule has 88 valence electrons. The Bertz CT molecular complexity index is 336. The first-order chi connectivity index (χ1) is 7.75. The van der Waals surface area contributed by atoms with E-state index in [9.17, 15) is 5.11 Å². The lowest BCUT2D eigenvalue weighted by molar-refractivity contribution is 0.133. The van der Waals surface area contributed by atoms with E-state index in [-0.39, 0.29) is 6.10 Å². The molecule has 1 aliphatic rings. The summed E-state index contributed by atoms with van der Waals surface area (Å²) < 4.78 is 0. The van der Waals surface area contributed by atoms with Crippen molar-refractivity contribution in [2.24, 2.45) is 5.92 Å². The maximum Gasteiger partial charge on any atom is 0.0793 e. The normalized spacial score (nSPS) is 19.6. The second kappa shape index (κ2) is 5.67. The number of nitrogens with one attached hydrogen (secondary N) is 1. The lowest BCUT2D eigenvalue weighted by atomic mass is 9.90. The summed E-state index contributed by atoms with van der Waals surface area (Å²) in [6.45, 7) is 2.15. The molecule has 1 fully saturated rings. The van der Waals surface area contributed by atoms with Crippen LogP contribution in [0.5, 0.6) is 0 Å². The van der Waals surface area contributed by atoms with Gasteiger partial charge in [0.15, 0.2) is 0 Å². The molecule has 1 atom stereocenters. The summed E-state index contributed by atoms with van der Waals surface area (Å²) in [5.41, 5.74) is 0.936. The van der Waals surface area contributed by atoms with E-state index in [1.165, 1.54) is 0 Å². The Kier molecular flexibility index (Phi) is 4.22. The third-order valence-electron chi connectivity index (χ3n) is 3.25. The third kappa shape index (κ3) is 3.21. The van der Waals surface area contributed by atoms with Crippen LogP contribution in [0.1, 0.15) is 30.9 Å². The van der Waals surface area contributed by atoms with Crippen LogP contribution in [0.15, 0.2) is 24.3 Å². The van der Waals surface area contributed by atoms with E-state index in [0.29, 0.717) is 10.9 Å². The molecule has 0 aliphatic carbocycles. The number of halogens is 1. The summed E-state index contributed by atoms with van der Waals surface area (Å²) in [7, 11) is 0. The van der Waals surface area contributed by atoms with Crippen molar-refractivity contribution >= 4 is 11.6 Å². The van der Waals surface area contributed by atoms with Gasteiger partial charge in [-0.05, 0) is 56.0 Å². The number of hydrogen-bond acceptors (Lipinski definition) is 2. The summed E-state index contributed by atoms with van der Waals surface area (Å²) in [6, 6.07) is 7.52. The first-order valence-electron chi connectivity index (χ1n) is 5.90. The fraction of sp³-hybridized carbons (Fsp3) is 0.538. The zero-order chi connectivity index (χ0) is 11.4. The van der Waals surface area contributed by atoms with Crippen molar-refractivity contribution in [1.29, 1.82) is 0 Å². The molecule has 0 bridgehead atoms. The minimum Gasteiger partial charge on any atom is -0.388 e. The standard InChI is InChI=1S/C13H18ClNO/c14-12-3-1-2-11(9-12)13(16)8-10-4-6-15-7-5-10/h1-3,9-10,13,15-16H,4-8H2. The quantitative estimate of drug-likeness (QED) is 0.850. The van der Waals surface area contributed by atoms with E-state index in [0.717, 1.165) is 37.9 Å². The molecule has 1 heterocycles. The zero-order valence-corrected chi connectivity index (χ0v) is 10.1. The summed E-state index contributed by atoms with van der Waals surface area (Å²) in [5.74, 6) is 0.634. The van der Waals surface area contributed by atoms with Gasteiger partial charge in [0.2, 0.25) is 0 Å². The lowest BCUT2D eigenvalue weighted by Gasteiger charge is -2.25. The molecule has 1 aliphatic heterocycles. The Morgan fingerprint density at radius 1 is 1.38 bits per heavy atom. The molecule has 2 N–H and O–H groups in total. The van der Waals surface area contributed by atoms with Crippen LogP contribution in [0.4, 0.5) is 0 Å². The maximum absolute atomic E-state index is 10.1. The van der Waals surface area contributed by atoms with E-state index in [2.05, 4.69) is 5.32 Å². The Labute approximate surface area is 102 Å². The largest absolute Gasteiger partial charge is 0.388 e. The summed E-state index contributed by atoms with van der Waals surface area (Å²) in [6.07, 6.45) is 2.80. The van der Waals surface area contributed by atoms with Crippen LogP contribution in [0.3, 0.4) is 0 Å². The number of hydrogen-bond donors (Lipinski definition) is 2. The summed E-state index contributed by atoms with van der Waals surface area (Å²) >= 11 is 5.91. The highest BCUT2D eigenvalue weighted by atomic mass is 35.5. The highest BCUT2D eigenvalue weighted by molar-refractivity contribution is 6.30. The Morgan fingerprint density at radius 3 is 2.81 bits per heavy atom. The maximum atomic E-state index is 10.1. The first kappa shape index (κ1) is 11.9. The minimum atomic E-state index is -0.373. The van der Waals surface area contributed by atoms with Crippen molar-refractivity contribution in [1.82, 2.24) is 5.32 Å². The first-order valence-corrected chi connectivity index (χ1v) is 6.28. The van der Waals surface area contributed by atoms with Crippen molar-refractivity contribution in [2.75, 3.05) is 13.1 Å². The van der Waals surface area contributed by atoms with Gasteiger partial charge in [-0.2, -0.15) is 0 Å². The van der Waals surface area contributed by atoms with Gasteiger partial charge < -0.3 is 10.4 Å². The minimum absolute atomic E-state index is 0.373. The predicted molar refractivity (Wildman–Crippen MR) is 66.6 cm³/mol. The summed E-state index contributed by atoms with van der Waals surface area (Å²) in [5, 5.41) is 14.1. The van der Waals surface area contributed by atoms with Crippen molar-refractivity contribution in [3.63, 3.8) is 0 Å². The molecule has 2 rings (SSSR count). The lowest BCUT2D eigenvalue weighted by Crippen LogP contribution is -2.28. The van der Waals surface area contributed by atoms with Gasteiger partial charge in [0.25, 0.3) is 0 Å². The molecule has 0 amide bonds. The Morgan fingerprint density at radius 2 is 2.12 bits per heavy atom. The third-order valence-corrected chi connectivity index (χ3v) is 3.48. The van der Waals surface area contributed by atoms with Gasteiger partial charge in [-0.3, -0.25) is 0 Å². The smallest absolute Gasteiger partial charge is 0.0793 e. The van der Waals surface area contributed by atoms with Gasteiger partial charge in [-0.15, -0.1) is 0 Å². The average molecular weight is 240 g/mol. The van der Waals surface area contributed by atoms with Gasteiger partial charge in [-0.25, -0.2) is 0 Å². The second-order valence-electron chi connectivity index (χ2n) is 4.50. The molecule has 1 aromatic carbocycles. The van der Waals surface area contributed by atoms with Crippen molar-refractivity contribution in [3.05, 3.63) is 34.9 Å². The SMILES string of the molecule is OC(CC1CCNCC1)c1cccc(Cl)c1. The van der Waals surface area contributed by atoms with Crippen molar-refractivity contribution < 1.29 is 5.11 Å². The second-order valence-corrected chi connectivity index (χ2v) is 4.94. The number of rotatable bonds is 3. The number of benzene rings is 1. The highest BCUT2D eigenvalue weighted by Crippen LogP contribution is 2.27. The summed E-state index contributed by atoms with van der Waals surface area (Å²) in [4.78, 5) is 0. The van der Waals surface area contributed by atoms with Crippen LogP contribution in [0.25, 0.3) is 0 Å². The molecular weight excluding hydrogens is 222 g/mol. The molecule has 1 aromatic rings. The van der Waals surface area contributed by atoms with E-state index in [4.69, 9.17) is 11.6 Å². The molecule has 0 spiro atoms. The van der Waals surface area contributed by atoms with Crippen LogP contribution in [-0.4, -0.2) is 18.2 Å². The molecule has 2 nitrogen and oxygen atoms in total. The van der Waals surface area contributed by atoms with Crippen LogP contribution in [0.2, 0.25) is 5.02 Å². The van der Waals surface area contributed by atoms with Crippen LogP contribution < -0.4 is 5.32 Å². The molecular formula is C13H18ClNO. The number of aliphatic hydroxyl groups is 1. The zero-order valence-electron chi connectivity index (χ0n) is 9.32. The van der Waals surface area contributed by atoms with Crippen molar-refractivity contribution in [2.45, 2.75) is 25.4 Å². The Balaban J connectivity index is 1.94. The molecule has 1 unspecified atom stereocenters. The predicted octanol–water partition coefficient (Wildman–Crippen LogP) is 2.76. The van der Waals surface area contributed by atoms with E-state index >= 15 is 0 Å². The molecule has 0 saturated carbocycles. The van der Waals surface area contributed by atoms with E-state index in [1.807, 2.05) is 24.3 Å². The van der Waals surface area contributed by atoms with Gasteiger partial charge in [0, 0.05) is 5.02 Å². The molecule has 0 aromatic heterocycles. The fourth-order valence-electron chi connectivity index (χ4n) is 2.28. The van der Waals surface area contributed by atoms with Gasteiger partial charge in [-0.1, -0.05) is 23.7 Å². The molecule has 1 saturated heterocycles. The number of aliphatic hydroxyl groups excluding tert-OH is 1. The Hall–Kier alpha value is -0.570. The monoisotopic (exact) mass is 239 g/mol. The number of piperidine rings is 1.